The molecule has 1 aromatic rings. The molecular weight excluding hydrogens is 286 g/mol. The van der Waals surface area contributed by atoms with E-state index in [4.69, 9.17) is 18.0 Å². The molecular formula is C15H17N3S2. The zero-order valence-electron chi connectivity index (χ0n) is 11.7. The van der Waals surface area contributed by atoms with Crippen LogP contribution in [-0.2, 0) is 0 Å². The summed E-state index contributed by atoms with van der Waals surface area (Å²) in [6.07, 6.45) is 1.98. The second kappa shape index (κ2) is 6.24. The van der Waals surface area contributed by atoms with Crippen LogP contribution in [0.1, 0.15) is 19.4 Å². The molecule has 0 unspecified atom stereocenters. The Bertz CT molecular complexity index is 642. The average Bonchev–Trinajstić information content (AvgIpc) is 2.34. The van der Waals surface area contributed by atoms with Gasteiger partial charge in [0.2, 0.25) is 0 Å². The van der Waals surface area contributed by atoms with Crippen LogP contribution in [0.15, 0.2) is 56.7 Å². The van der Waals surface area contributed by atoms with Crippen molar-refractivity contribution in [1.82, 2.24) is 5.32 Å². The number of nitrogens with two attached hydrogens (primary N) is 1. The van der Waals surface area contributed by atoms with Crippen LogP contribution in [0, 0.1) is 6.92 Å². The highest BCUT2D eigenvalue weighted by molar-refractivity contribution is 8.05. The zero-order chi connectivity index (χ0) is 14.7. The quantitative estimate of drug-likeness (QED) is 0.510. The van der Waals surface area contributed by atoms with Gasteiger partial charge in [0.15, 0.2) is 0 Å². The van der Waals surface area contributed by atoms with E-state index in [9.17, 15) is 0 Å². The number of nitrogens with one attached hydrogen (secondary N) is 1. The first-order valence-corrected chi connectivity index (χ1v) is 7.47. The number of rotatable bonds is 3. The van der Waals surface area contributed by atoms with Crippen molar-refractivity contribution in [2.24, 2.45) is 10.7 Å². The normalized spacial score (nSPS) is 16.9. The molecule has 1 aromatic carbocycles. The Labute approximate surface area is 129 Å². The largest absolute Gasteiger partial charge is 0.389 e. The fourth-order valence-electron chi connectivity index (χ4n) is 1.89. The second-order valence-corrected chi connectivity index (χ2v) is 6.19. The van der Waals surface area contributed by atoms with Crippen molar-refractivity contribution in [3.63, 3.8) is 0 Å². The van der Waals surface area contributed by atoms with Crippen molar-refractivity contribution < 1.29 is 0 Å². The van der Waals surface area contributed by atoms with Crippen LogP contribution >= 0.6 is 24.0 Å². The molecule has 1 heterocycles. The van der Waals surface area contributed by atoms with Crippen LogP contribution in [-0.4, -0.2) is 10.7 Å². The standard InChI is InChI=1S/C15H17N3S2/c1-9-5-4-6-12(7-9)20-13(14(16)19)15-17-10(2)8-11(3)18-15/h4-8,17H,1-3H3,(H2,16,19)/b15-13-. The lowest BCUT2D eigenvalue weighted by molar-refractivity contribution is 0.932. The minimum atomic E-state index is 0.352. The number of allylic oxidation sites excluding steroid dienone is 2. The van der Waals surface area contributed by atoms with Crippen molar-refractivity contribution in [1.29, 1.82) is 0 Å². The Hall–Kier alpha value is -1.59. The third-order valence-corrected chi connectivity index (χ3v) is 4.12. The van der Waals surface area contributed by atoms with Crippen molar-refractivity contribution in [2.45, 2.75) is 25.7 Å². The molecule has 0 bridgehead atoms. The Kier molecular flexibility index (Phi) is 4.62. The summed E-state index contributed by atoms with van der Waals surface area (Å²) in [4.78, 5) is 6.73. The summed E-state index contributed by atoms with van der Waals surface area (Å²) in [6, 6.07) is 8.23. The van der Waals surface area contributed by atoms with Gasteiger partial charge in [0.25, 0.3) is 0 Å². The Morgan fingerprint density at radius 1 is 1.30 bits per heavy atom. The molecule has 0 saturated heterocycles. The van der Waals surface area contributed by atoms with Gasteiger partial charge >= 0.3 is 0 Å². The maximum absolute atomic E-state index is 5.87. The number of thioether (sulfide) groups is 1. The molecule has 0 fully saturated rings. The lowest BCUT2D eigenvalue weighted by Gasteiger charge is -2.17. The first kappa shape index (κ1) is 14.8. The van der Waals surface area contributed by atoms with Gasteiger partial charge in [-0.15, -0.1) is 0 Å². The molecule has 1 aliphatic heterocycles. The molecule has 20 heavy (non-hydrogen) atoms. The van der Waals surface area contributed by atoms with E-state index in [1.807, 2.05) is 32.1 Å². The number of nitrogens with zero attached hydrogens (tertiary/aromatic N) is 1. The number of thiocarbonyl (C=S) groups is 1. The van der Waals surface area contributed by atoms with E-state index in [-0.39, 0.29) is 0 Å². The van der Waals surface area contributed by atoms with Crippen molar-refractivity contribution in [3.8, 4) is 0 Å². The third kappa shape index (κ3) is 3.71. The van der Waals surface area contributed by atoms with Crippen molar-refractivity contribution in [2.75, 3.05) is 0 Å². The third-order valence-electron chi connectivity index (χ3n) is 2.68. The summed E-state index contributed by atoms with van der Waals surface area (Å²) in [5, 5.41) is 3.23. The number of aryl methyl sites for hydroxylation is 1. The van der Waals surface area contributed by atoms with E-state index in [1.54, 1.807) is 0 Å². The van der Waals surface area contributed by atoms with Gasteiger partial charge in [-0.2, -0.15) is 0 Å². The predicted molar refractivity (Wildman–Crippen MR) is 90.8 cm³/mol. The van der Waals surface area contributed by atoms with Gasteiger partial charge in [0.05, 0.1) is 4.91 Å². The monoisotopic (exact) mass is 303 g/mol. The summed E-state index contributed by atoms with van der Waals surface area (Å²) >= 11 is 6.72. The summed E-state index contributed by atoms with van der Waals surface area (Å²) in [5.41, 5.74) is 9.04. The van der Waals surface area contributed by atoms with Crippen LogP contribution in [0.2, 0.25) is 0 Å². The molecule has 2 rings (SSSR count). The lowest BCUT2D eigenvalue weighted by Crippen LogP contribution is -2.21. The average molecular weight is 303 g/mol. The van der Waals surface area contributed by atoms with E-state index >= 15 is 0 Å². The Morgan fingerprint density at radius 2 is 2.05 bits per heavy atom. The predicted octanol–water partition coefficient (Wildman–Crippen LogP) is 3.51. The second-order valence-electron chi connectivity index (χ2n) is 4.67. The van der Waals surface area contributed by atoms with Crippen LogP contribution in [0.3, 0.4) is 0 Å². The highest BCUT2D eigenvalue weighted by atomic mass is 32.2. The Morgan fingerprint density at radius 3 is 2.65 bits per heavy atom. The summed E-state index contributed by atoms with van der Waals surface area (Å²) in [6.45, 7) is 6.01. The van der Waals surface area contributed by atoms with Crippen molar-refractivity contribution in [3.05, 3.63) is 52.3 Å². The number of benzene rings is 1. The number of hydrogen-bond acceptors (Lipinski definition) is 4. The highest BCUT2D eigenvalue weighted by Gasteiger charge is 2.14. The maximum Gasteiger partial charge on any atom is 0.147 e. The maximum atomic E-state index is 5.87. The van der Waals surface area contributed by atoms with E-state index in [2.05, 4.69) is 29.4 Å². The van der Waals surface area contributed by atoms with Gasteiger partial charge in [0.1, 0.15) is 10.8 Å². The van der Waals surface area contributed by atoms with Gasteiger partial charge in [-0.3, -0.25) is 0 Å². The molecule has 104 valence electrons. The summed E-state index contributed by atoms with van der Waals surface area (Å²) < 4.78 is 0. The van der Waals surface area contributed by atoms with E-state index in [0.29, 0.717) is 4.99 Å². The van der Waals surface area contributed by atoms with Crippen LogP contribution in [0.25, 0.3) is 0 Å². The fraction of sp³-hybridized carbons (Fsp3) is 0.200. The molecule has 0 spiro atoms. The first-order valence-electron chi connectivity index (χ1n) is 6.25. The number of hydrogen-bond donors (Lipinski definition) is 2. The number of aliphatic imine (C=N–C) groups is 1. The molecule has 0 aromatic heterocycles. The fourth-order valence-corrected chi connectivity index (χ4v) is 3.04. The van der Waals surface area contributed by atoms with Crippen LogP contribution in [0.5, 0.6) is 0 Å². The summed E-state index contributed by atoms with van der Waals surface area (Å²) in [5.74, 6) is 0.724. The lowest BCUT2D eigenvalue weighted by atomic mass is 10.2. The smallest absolute Gasteiger partial charge is 0.147 e. The molecule has 1 aliphatic rings. The molecule has 0 radical (unpaired) electrons. The van der Waals surface area contributed by atoms with Gasteiger partial charge < -0.3 is 11.1 Å². The Balaban J connectivity index is 2.38. The first-order chi connectivity index (χ1) is 9.45. The molecule has 3 nitrogen and oxygen atoms in total. The van der Waals surface area contributed by atoms with Gasteiger partial charge in [-0.1, -0.05) is 41.7 Å². The van der Waals surface area contributed by atoms with Gasteiger partial charge in [-0.05, 0) is 39.0 Å². The van der Waals surface area contributed by atoms with Crippen molar-refractivity contribution >= 4 is 34.7 Å². The molecule has 0 atom stereocenters. The topological polar surface area (TPSA) is 50.4 Å². The van der Waals surface area contributed by atoms with E-state index < -0.39 is 0 Å². The van der Waals surface area contributed by atoms with Crippen LogP contribution < -0.4 is 11.1 Å². The van der Waals surface area contributed by atoms with Gasteiger partial charge in [-0.25, -0.2) is 4.99 Å². The minimum absolute atomic E-state index is 0.352. The zero-order valence-corrected chi connectivity index (χ0v) is 13.4. The van der Waals surface area contributed by atoms with E-state index in [1.165, 1.54) is 17.3 Å². The van der Waals surface area contributed by atoms with Crippen LogP contribution in [0.4, 0.5) is 0 Å². The summed E-state index contributed by atoms with van der Waals surface area (Å²) in [7, 11) is 0. The minimum Gasteiger partial charge on any atom is -0.389 e. The van der Waals surface area contributed by atoms with Gasteiger partial charge in [0, 0.05) is 16.3 Å². The highest BCUT2D eigenvalue weighted by Crippen LogP contribution is 2.30. The molecule has 0 amide bonds. The molecule has 0 saturated carbocycles. The molecule has 0 aliphatic carbocycles. The van der Waals surface area contributed by atoms with E-state index in [0.717, 1.165) is 27.0 Å². The molecule has 3 N–H and O–H groups in total. The molecule has 5 heteroatoms. The SMILES string of the molecule is CC1=CC(C)=N/C(=C(\Sc2cccc(C)c2)C(N)=S)N1.